The van der Waals surface area contributed by atoms with Crippen molar-refractivity contribution in [1.29, 1.82) is 0 Å². The summed E-state index contributed by atoms with van der Waals surface area (Å²) in [5, 5.41) is 2.72. The smallest absolute Gasteiger partial charge is 0.253 e. The molecule has 2 unspecified atom stereocenters. The third-order valence-corrected chi connectivity index (χ3v) is 6.12. The minimum atomic E-state index is -0.573. The molecule has 33 heavy (non-hydrogen) atoms. The lowest BCUT2D eigenvalue weighted by Crippen LogP contribution is -2.30. The molecule has 3 aromatic carbocycles. The Hall–Kier alpha value is -3.67. The number of amides is 2. The van der Waals surface area contributed by atoms with E-state index in [9.17, 15) is 14.0 Å². The average Bonchev–Trinajstić information content (AvgIpc) is 3.23. The molecule has 0 radical (unpaired) electrons. The van der Waals surface area contributed by atoms with Crippen LogP contribution in [0.5, 0.6) is 5.75 Å². The van der Waals surface area contributed by atoms with Gasteiger partial charge in [-0.1, -0.05) is 30.3 Å². The van der Waals surface area contributed by atoms with Crippen LogP contribution < -0.4 is 10.1 Å². The highest BCUT2D eigenvalue weighted by molar-refractivity contribution is 5.95. The Morgan fingerprint density at radius 1 is 0.970 bits per heavy atom. The van der Waals surface area contributed by atoms with Gasteiger partial charge in [0.05, 0.1) is 0 Å². The first-order valence-corrected chi connectivity index (χ1v) is 11.1. The van der Waals surface area contributed by atoms with Crippen molar-refractivity contribution in [2.24, 2.45) is 0 Å². The number of ether oxygens (including phenoxy) is 1. The number of nitrogens with zero attached hydrogens (tertiary/aromatic N) is 1. The largest absolute Gasteiger partial charge is 0.484 e. The Bertz CT molecular complexity index is 1170. The number of carbonyl (C=O) groups is 2. The molecule has 0 spiro atoms. The second kappa shape index (κ2) is 9.45. The molecule has 170 valence electrons. The fourth-order valence-electron chi connectivity index (χ4n) is 4.32. The number of fused-ring (bicyclic) bond motifs is 1. The van der Waals surface area contributed by atoms with E-state index in [4.69, 9.17) is 4.74 Å². The number of hydrogen-bond donors (Lipinski definition) is 1. The second-order valence-electron chi connectivity index (χ2n) is 7.99. The van der Waals surface area contributed by atoms with Crippen molar-refractivity contribution < 1.29 is 18.7 Å². The molecule has 0 saturated heterocycles. The predicted octanol–water partition coefficient (Wildman–Crippen LogP) is 4.94. The molecule has 0 fully saturated rings. The molecule has 1 N–H and O–H groups in total. The summed E-state index contributed by atoms with van der Waals surface area (Å²) in [6, 6.07) is 19.3. The average molecular weight is 447 g/mol. The van der Waals surface area contributed by atoms with Gasteiger partial charge >= 0.3 is 0 Å². The van der Waals surface area contributed by atoms with Crippen molar-refractivity contribution in [2.75, 3.05) is 20.1 Å². The quantitative estimate of drug-likeness (QED) is 0.584. The van der Waals surface area contributed by atoms with Crippen LogP contribution in [0.4, 0.5) is 4.39 Å². The van der Waals surface area contributed by atoms with E-state index < -0.39 is 12.0 Å². The number of nitrogens with one attached hydrogen (secondary N) is 1. The van der Waals surface area contributed by atoms with E-state index in [1.165, 1.54) is 12.1 Å². The van der Waals surface area contributed by atoms with Gasteiger partial charge in [-0.25, -0.2) is 4.39 Å². The van der Waals surface area contributed by atoms with Crippen LogP contribution in [0.15, 0.2) is 66.7 Å². The summed E-state index contributed by atoms with van der Waals surface area (Å²) < 4.78 is 19.6. The van der Waals surface area contributed by atoms with Crippen molar-refractivity contribution in [2.45, 2.75) is 25.9 Å². The van der Waals surface area contributed by atoms with Crippen LogP contribution in [0.3, 0.4) is 0 Å². The monoisotopic (exact) mass is 446 g/mol. The molecule has 4 rings (SSSR count). The van der Waals surface area contributed by atoms with Crippen LogP contribution in [0, 0.1) is 5.82 Å². The Balaban J connectivity index is 1.71. The molecular weight excluding hydrogens is 419 g/mol. The number of likely N-dealkylation sites (N-methyl/N-ethyl adjacent to an activating group) is 1. The summed E-state index contributed by atoms with van der Waals surface area (Å²) in [6.45, 7) is 5.22. The van der Waals surface area contributed by atoms with Crippen LogP contribution in [0.25, 0.3) is 11.1 Å². The van der Waals surface area contributed by atoms with Gasteiger partial charge in [-0.2, -0.15) is 0 Å². The number of carbonyl (C=O) groups excluding carboxylic acids is 2. The Labute approximate surface area is 193 Å². The number of benzene rings is 3. The van der Waals surface area contributed by atoms with Gasteiger partial charge in [-0.3, -0.25) is 9.59 Å². The first kappa shape index (κ1) is 22.5. The highest BCUT2D eigenvalue weighted by Gasteiger charge is 2.40. The van der Waals surface area contributed by atoms with Gasteiger partial charge in [0.25, 0.3) is 5.91 Å². The van der Waals surface area contributed by atoms with Crippen LogP contribution in [0.2, 0.25) is 0 Å². The minimum absolute atomic E-state index is 0.00838. The molecule has 1 heterocycles. The van der Waals surface area contributed by atoms with E-state index in [2.05, 4.69) is 5.32 Å². The van der Waals surface area contributed by atoms with E-state index in [-0.39, 0.29) is 17.6 Å². The molecular formula is C27H27FN2O3. The Morgan fingerprint density at radius 3 is 2.33 bits per heavy atom. The fourth-order valence-corrected chi connectivity index (χ4v) is 4.32. The summed E-state index contributed by atoms with van der Waals surface area (Å²) >= 11 is 0. The first-order valence-electron chi connectivity index (χ1n) is 11.1. The van der Waals surface area contributed by atoms with Gasteiger partial charge in [0.1, 0.15) is 23.6 Å². The maximum atomic E-state index is 13.4. The van der Waals surface area contributed by atoms with Crippen molar-refractivity contribution >= 4 is 11.8 Å². The topological polar surface area (TPSA) is 58.6 Å². The van der Waals surface area contributed by atoms with Crippen molar-refractivity contribution in [3.63, 3.8) is 0 Å². The summed E-state index contributed by atoms with van der Waals surface area (Å²) in [5.41, 5.74) is 3.90. The molecule has 6 heteroatoms. The third kappa shape index (κ3) is 4.33. The molecule has 2 atom stereocenters. The molecule has 1 aliphatic heterocycles. The van der Waals surface area contributed by atoms with Crippen LogP contribution in [0.1, 0.15) is 47.4 Å². The molecule has 3 aromatic rings. The zero-order valence-electron chi connectivity index (χ0n) is 19.0. The van der Waals surface area contributed by atoms with Gasteiger partial charge in [0, 0.05) is 31.3 Å². The van der Waals surface area contributed by atoms with E-state index >= 15 is 0 Å². The minimum Gasteiger partial charge on any atom is -0.484 e. The lowest BCUT2D eigenvalue weighted by Gasteiger charge is -2.19. The maximum absolute atomic E-state index is 13.4. The number of hydrogen-bond acceptors (Lipinski definition) is 3. The lowest BCUT2D eigenvalue weighted by atomic mass is 9.88. The SMILES string of the molecule is CCN(CC)C(=O)c1cccc(-c2ccc3c(c2)C(C(=O)NC)C(c2ccc(F)cc2)O3)c1. The molecule has 0 aliphatic carbocycles. The van der Waals surface area contributed by atoms with E-state index in [0.717, 1.165) is 22.3 Å². The molecule has 0 bridgehead atoms. The number of rotatable bonds is 6. The van der Waals surface area contributed by atoms with Gasteiger partial charge in [-0.05, 0) is 66.9 Å². The summed E-state index contributed by atoms with van der Waals surface area (Å²) in [6.07, 6.45) is -0.550. The summed E-state index contributed by atoms with van der Waals surface area (Å²) in [4.78, 5) is 27.4. The van der Waals surface area contributed by atoms with E-state index in [0.29, 0.717) is 24.4 Å². The Kier molecular flexibility index (Phi) is 6.45. The van der Waals surface area contributed by atoms with Crippen molar-refractivity contribution in [3.05, 3.63) is 89.2 Å². The normalized spacial score (nSPS) is 16.6. The lowest BCUT2D eigenvalue weighted by molar-refractivity contribution is -0.123. The fraction of sp³-hybridized carbons (Fsp3) is 0.259. The number of halogens is 1. The zero-order valence-corrected chi connectivity index (χ0v) is 19.0. The van der Waals surface area contributed by atoms with Crippen molar-refractivity contribution in [1.82, 2.24) is 10.2 Å². The van der Waals surface area contributed by atoms with Gasteiger partial charge in [0.2, 0.25) is 5.91 Å². The van der Waals surface area contributed by atoms with Gasteiger partial charge in [-0.15, -0.1) is 0 Å². The first-order chi connectivity index (χ1) is 16.0. The highest BCUT2D eigenvalue weighted by atomic mass is 19.1. The molecule has 0 saturated carbocycles. The Morgan fingerprint density at radius 2 is 1.67 bits per heavy atom. The zero-order chi connectivity index (χ0) is 23.5. The van der Waals surface area contributed by atoms with Gasteiger partial charge in [0.15, 0.2) is 0 Å². The van der Waals surface area contributed by atoms with E-state index in [1.54, 1.807) is 24.1 Å². The van der Waals surface area contributed by atoms with Crippen LogP contribution in [-0.2, 0) is 4.79 Å². The van der Waals surface area contributed by atoms with Crippen LogP contribution >= 0.6 is 0 Å². The highest BCUT2D eigenvalue weighted by Crippen LogP contribution is 2.47. The summed E-state index contributed by atoms with van der Waals surface area (Å²) in [7, 11) is 1.59. The summed E-state index contributed by atoms with van der Waals surface area (Å²) in [5.74, 6) is -0.475. The van der Waals surface area contributed by atoms with Gasteiger partial charge < -0.3 is 15.0 Å². The predicted molar refractivity (Wildman–Crippen MR) is 126 cm³/mol. The third-order valence-electron chi connectivity index (χ3n) is 6.12. The molecule has 5 nitrogen and oxygen atoms in total. The van der Waals surface area contributed by atoms with Crippen LogP contribution in [-0.4, -0.2) is 36.9 Å². The van der Waals surface area contributed by atoms with Crippen molar-refractivity contribution in [3.8, 4) is 16.9 Å². The second-order valence-corrected chi connectivity index (χ2v) is 7.99. The molecule has 0 aromatic heterocycles. The molecule has 2 amide bonds. The maximum Gasteiger partial charge on any atom is 0.253 e. The standard InChI is InChI=1S/C27H27FN2O3/c1-4-30(5-2)27(32)20-8-6-7-18(15-20)19-11-14-23-22(16-19)24(26(31)29-3)25(33-23)17-9-12-21(28)13-10-17/h6-16,24-25H,4-5H2,1-3H3,(H,29,31). The molecule has 1 aliphatic rings. The van der Waals surface area contributed by atoms with E-state index in [1.807, 2.05) is 56.3 Å².